The van der Waals surface area contributed by atoms with E-state index in [0.29, 0.717) is 0 Å². The van der Waals surface area contributed by atoms with E-state index in [-0.39, 0.29) is 0 Å². The molecule has 0 aromatic carbocycles. The van der Waals surface area contributed by atoms with Crippen LogP contribution in [-0.2, 0) is 0 Å². The summed E-state index contributed by atoms with van der Waals surface area (Å²) in [6.07, 6.45) is 3.90. The minimum absolute atomic E-state index is 1.26. The van der Waals surface area contributed by atoms with Crippen LogP contribution < -0.4 is 0 Å². The van der Waals surface area contributed by atoms with Crippen LogP contribution in [0.25, 0.3) is 0 Å². The average Bonchev–Trinajstić information content (AvgIpc) is 1.87. The summed E-state index contributed by atoms with van der Waals surface area (Å²) in [5.74, 6) is 0. The molecule has 0 aliphatic carbocycles. The van der Waals surface area contributed by atoms with E-state index in [0.717, 1.165) is 0 Å². The van der Waals surface area contributed by atoms with Crippen LogP contribution in [0.2, 0.25) is 0 Å². The number of hydrogen-bond acceptors (Lipinski definition) is 0. The van der Waals surface area contributed by atoms with E-state index in [1.54, 1.807) is 4.57 Å². The van der Waals surface area contributed by atoms with Crippen molar-refractivity contribution in [1.29, 1.82) is 0 Å². The third kappa shape index (κ3) is 0.829. The van der Waals surface area contributed by atoms with Crippen molar-refractivity contribution >= 4 is 0 Å². The Kier molecular flexibility index (Phi) is 0.895. The largest absolute Gasteiger partial charge is 0.352 e. The average molecular weight is 94.1 g/mol. The SMILES string of the molecule is [CH2]n1ccc(C)c1. The molecule has 0 unspecified atom stereocenters. The quantitative estimate of drug-likeness (QED) is 0.458. The number of rotatable bonds is 0. The zero-order valence-corrected chi connectivity index (χ0v) is 4.39. The van der Waals surface area contributed by atoms with E-state index in [1.165, 1.54) is 5.56 Å². The summed E-state index contributed by atoms with van der Waals surface area (Å²) in [7, 11) is 3.66. The second-order valence-electron chi connectivity index (χ2n) is 1.70. The first-order chi connectivity index (χ1) is 3.29. The molecule has 1 rings (SSSR count). The highest BCUT2D eigenvalue weighted by Gasteiger charge is 1.80. The number of aryl methyl sites for hydroxylation is 1. The molecule has 1 heterocycles. The Balaban J connectivity index is 3.04. The van der Waals surface area contributed by atoms with Crippen molar-refractivity contribution in [3.8, 4) is 0 Å². The summed E-state index contributed by atoms with van der Waals surface area (Å²) < 4.78 is 1.79. The van der Waals surface area contributed by atoms with E-state index in [4.69, 9.17) is 0 Å². The Morgan fingerprint density at radius 3 is 2.57 bits per heavy atom. The molecule has 1 heteroatoms. The van der Waals surface area contributed by atoms with E-state index in [2.05, 4.69) is 7.05 Å². The molecule has 7 heavy (non-hydrogen) atoms. The van der Waals surface area contributed by atoms with Gasteiger partial charge < -0.3 is 4.57 Å². The van der Waals surface area contributed by atoms with Crippen molar-refractivity contribution in [2.75, 3.05) is 0 Å². The Morgan fingerprint density at radius 1 is 1.71 bits per heavy atom. The van der Waals surface area contributed by atoms with Crippen LogP contribution in [0.5, 0.6) is 0 Å². The minimum Gasteiger partial charge on any atom is -0.352 e. The van der Waals surface area contributed by atoms with Gasteiger partial charge in [0.25, 0.3) is 0 Å². The van der Waals surface area contributed by atoms with Gasteiger partial charge in [0.05, 0.1) is 0 Å². The lowest BCUT2D eigenvalue weighted by atomic mass is 10.4. The van der Waals surface area contributed by atoms with Gasteiger partial charge in [-0.25, -0.2) is 0 Å². The molecular weight excluding hydrogens is 86.1 g/mol. The van der Waals surface area contributed by atoms with Gasteiger partial charge >= 0.3 is 0 Å². The highest BCUT2D eigenvalue weighted by molar-refractivity contribution is 5.07. The lowest BCUT2D eigenvalue weighted by molar-refractivity contribution is 1.08. The van der Waals surface area contributed by atoms with Crippen molar-refractivity contribution in [3.63, 3.8) is 0 Å². The summed E-state index contributed by atoms with van der Waals surface area (Å²) in [6, 6.07) is 2.02. The molecule has 0 saturated carbocycles. The van der Waals surface area contributed by atoms with Gasteiger partial charge in [-0.1, -0.05) is 0 Å². The standard InChI is InChI=1S/C6H8N/c1-6-3-4-7(2)5-6/h3-5H,2H2,1H3. The highest BCUT2D eigenvalue weighted by Crippen LogP contribution is 1.94. The first-order valence-corrected chi connectivity index (χ1v) is 2.24. The third-order valence-corrected chi connectivity index (χ3v) is 0.898. The van der Waals surface area contributed by atoms with E-state index in [1.807, 2.05) is 25.4 Å². The van der Waals surface area contributed by atoms with Gasteiger partial charge in [0.1, 0.15) is 0 Å². The summed E-state index contributed by atoms with van der Waals surface area (Å²) in [5, 5.41) is 0. The molecule has 0 amide bonds. The van der Waals surface area contributed by atoms with Gasteiger partial charge in [-0.2, -0.15) is 0 Å². The molecule has 0 bridgehead atoms. The summed E-state index contributed by atoms with van der Waals surface area (Å²) in [6.45, 7) is 2.04. The van der Waals surface area contributed by atoms with E-state index < -0.39 is 0 Å². The zero-order chi connectivity index (χ0) is 5.28. The molecule has 1 radical (unpaired) electrons. The molecular formula is C6H8N. The normalized spacial score (nSPS) is 9.43. The molecule has 0 spiro atoms. The van der Waals surface area contributed by atoms with Crippen LogP contribution >= 0.6 is 0 Å². The van der Waals surface area contributed by atoms with Crippen molar-refractivity contribution in [1.82, 2.24) is 4.57 Å². The maximum atomic E-state index is 3.66. The van der Waals surface area contributed by atoms with Crippen molar-refractivity contribution in [2.45, 2.75) is 6.92 Å². The molecule has 1 aromatic rings. The fraction of sp³-hybridized carbons (Fsp3) is 0.167. The smallest absolute Gasteiger partial charge is 0.0399 e. The van der Waals surface area contributed by atoms with Crippen molar-refractivity contribution < 1.29 is 0 Å². The zero-order valence-electron chi connectivity index (χ0n) is 4.39. The first-order valence-electron chi connectivity index (χ1n) is 2.24. The summed E-state index contributed by atoms with van der Waals surface area (Å²) in [5.41, 5.74) is 1.26. The van der Waals surface area contributed by atoms with Gasteiger partial charge in [0.15, 0.2) is 0 Å². The molecule has 0 N–H and O–H groups in total. The predicted octanol–water partition coefficient (Wildman–Crippen LogP) is 1.44. The highest BCUT2D eigenvalue weighted by atomic mass is 14.9. The maximum absolute atomic E-state index is 3.66. The van der Waals surface area contributed by atoms with Gasteiger partial charge in [-0.3, -0.25) is 0 Å². The van der Waals surface area contributed by atoms with Crippen molar-refractivity contribution in [3.05, 3.63) is 31.1 Å². The lowest BCUT2D eigenvalue weighted by Crippen LogP contribution is -1.72. The van der Waals surface area contributed by atoms with Crippen LogP contribution in [0.3, 0.4) is 0 Å². The molecule has 0 aliphatic rings. The second kappa shape index (κ2) is 1.41. The Bertz CT molecular complexity index is 136. The summed E-state index contributed by atoms with van der Waals surface area (Å²) >= 11 is 0. The molecule has 37 valence electrons. The molecule has 0 aliphatic heterocycles. The third-order valence-electron chi connectivity index (χ3n) is 0.898. The minimum atomic E-state index is 1.26. The van der Waals surface area contributed by atoms with Crippen molar-refractivity contribution in [2.24, 2.45) is 0 Å². The van der Waals surface area contributed by atoms with Gasteiger partial charge in [-0.05, 0) is 18.6 Å². The van der Waals surface area contributed by atoms with Gasteiger partial charge in [0, 0.05) is 19.4 Å². The number of aromatic nitrogens is 1. The number of nitrogens with zero attached hydrogens (tertiary/aromatic N) is 1. The fourth-order valence-electron chi connectivity index (χ4n) is 0.561. The monoisotopic (exact) mass is 94.1 g/mol. The second-order valence-corrected chi connectivity index (χ2v) is 1.70. The van der Waals surface area contributed by atoms with E-state index >= 15 is 0 Å². The Labute approximate surface area is 43.6 Å². The van der Waals surface area contributed by atoms with Crippen LogP contribution in [0.1, 0.15) is 5.56 Å². The lowest BCUT2D eigenvalue weighted by Gasteiger charge is -1.80. The molecule has 0 atom stereocenters. The van der Waals surface area contributed by atoms with Crippen LogP contribution in [-0.4, -0.2) is 4.57 Å². The van der Waals surface area contributed by atoms with Gasteiger partial charge in [-0.15, -0.1) is 0 Å². The topological polar surface area (TPSA) is 4.93 Å². The van der Waals surface area contributed by atoms with Crippen LogP contribution in [0, 0.1) is 14.0 Å². The molecule has 0 saturated heterocycles. The van der Waals surface area contributed by atoms with Crippen LogP contribution in [0.15, 0.2) is 18.5 Å². The Hall–Kier alpha value is -0.720. The summed E-state index contributed by atoms with van der Waals surface area (Å²) in [4.78, 5) is 0. The molecule has 0 fully saturated rings. The van der Waals surface area contributed by atoms with E-state index in [9.17, 15) is 0 Å². The molecule has 1 nitrogen and oxygen atoms in total. The van der Waals surface area contributed by atoms with Gasteiger partial charge in [0.2, 0.25) is 0 Å². The molecule has 1 aromatic heterocycles. The maximum Gasteiger partial charge on any atom is 0.0399 e. The Morgan fingerprint density at radius 2 is 2.43 bits per heavy atom. The number of hydrogen-bond donors (Lipinski definition) is 0. The van der Waals surface area contributed by atoms with Crippen LogP contribution in [0.4, 0.5) is 0 Å². The predicted molar refractivity (Wildman–Crippen MR) is 29.9 cm³/mol. The fourth-order valence-corrected chi connectivity index (χ4v) is 0.561. The first kappa shape index (κ1) is 4.44.